The molecular formula is C19H21N3O3. The van der Waals surface area contributed by atoms with E-state index >= 15 is 0 Å². The van der Waals surface area contributed by atoms with E-state index in [9.17, 15) is 9.90 Å². The van der Waals surface area contributed by atoms with Gasteiger partial charge in [0, 0.05) is 36.6 Å². The van der Waals surface area contributed by atoms with Crippen LogP contribution in [-0.2, 0) is 11.3 Å². The van der Waals surface area contributed by atoms with Crippen LogP contribution in [0, 0.1) is 5.92 Å². The molecule has 0 bridgehead atoms. The minimum absolute atomic E-state index is 0.0386. The summed E-state index contributed by atoms with van der Waals surface area (Å²) in [5, 5.41) is 13.6. The van der Waals surface area contributed by atoms with Gasteiger partial charge in [0.25, 0.3) is 0 Å². The number of amides is 1. The number of pyridine rings is 1. The van der Waals surface area contributed by atoms with Crippen molar-refractivity contribution in [3.63, 3.8) is 0 Å². The van der Waals surface area contributed by atoms with Gasteiger partial charge in [-0.25, -0.2) is 0 Å². The summed E-state index contributed by atoms with van der Waals surface area (Å²) in [6, 6.07) is 7.47. The summed E-state index contributed by atoms with van der Waals surface area (Å²) in [4.78, 5) is 18.7. The van der Waals surface area contributed by atoms with Crippen molar-refractivity contribution in [2.45, 2.75) is 13.0 Å². The number of phenols is 1. The first-order valence-electron chi connectivity index (χ1n) is 8.61. The molecule has 6 nitrogen and oxygen atoms in total. The minimum atomic E-state index is 0.0386. The number of benzene rings is 1. The second-order valence-electron chi connectivity index (χ2n) is 6.52. The molecule has 6 heteroatoms. The molecule has 1 aromatic heterocycles. The van der Waals surface area contributed by atoms with Crippen molar-refractivity contribution in [1.29, 1.82) is 0 Å². The molecule has 1 amide bonds. The van der Waals surface area contributed by atoms with Gasteiger partial charge < -0.3 is 20.1 Å². The Morgan fingerprint density at radius 2 is 2.28 bits per heavy atom. The van der Waals surface area contributed by atoms with Gasteiger partial charge >= 0.3 is 0 Å². The van der Waals surface area contributed by atoms with E-state index in [1.807, 2.05) is 23.1 Å². The Kier molecular flexibility index (Phi) is 4.28. The molecule has 2 aromatic rings. The van der Waals surface area contributed by atoms with Crippen LogP contribution >= 0.6 is 0 Å². The third-order valence-corrected chi connectivity index (χ3v) is 4.83. The molecule has 4 rings (SSSR count). The third-order valence-electron chi connectivity index (χ3n) is 4.83. The zero-order valence-electron chi connectivity index (χ0n) is 13.9. The molecule has 25 heavy (non-hydrogen) atoms. The van der Waals surface area contributed by atoms with Gasteiger partial charge in [-0.15, -0.1) is 0 Å². The molecule has 2 aliphatic heterocycles. The summed E-state index contributed by atoms with van der Waals surface area (Å²) in [7, 11) is 0. The van der Waals surface area contributed by atoms with Crippen molar-refractivity contribution >= 4 is 5.91 Å². The Morgan fingerprint density at radius 3 is 3.04 bits per heavy atom. The highest BCUT2D eigenvalue weighted by atomic mass is 16.5. The summed E-state index contributed by atoms with van der Waals surface area (Å²) in [6.07, 6.45) is 4.35. The quantitative estimate of drug-likeness (QED) is 0.872. The SMILES string of the molecule is O=C(C1CCNC1)N1CCOc2c(O)cc(-c3cccnc3)cc2C1. The molecular weight excluding hydrogens is 318 g/mol. The van der Waals surface area contributed by atoms with Gasteiger partial charge in [-0.05, 0) is 36.7 Å². The lowest BCUT2D eigenvalue weighted by atomic mass is 10.0. The van der Waals surface area contributed by atoms with Crippen LogP contribution in [0.4, 0.5) is 0 Å². The van der Waals surface area contributed by atoms with Crippen molar-refractivity contribution in [3.05, 3.63) is 42.2 Å². The first-order chi connectivity index (χ1) is 12.2. The second-order valence-corrected chi connectivity index (χ2v) is 6.52. The third kappa shape index (κ3) is 3.17. The van der Waals surface area contributed by atoms with E-state index in [-0.39, 0.29) is 17.6 Å². The number of rotatable bonds is 2. The Morgan fingerprint density at radius 1 is 1.36 bits per heavy atom. The minimum Gasteiger partial charge on any atom is -0.504 e. The Balaban J connectivity index is 1.65. The molecule has 3 heterocycles. The van der Waals surface area contributed by atoms with Gasteiger partial charge in [0.15, 0.2) is 11.5 Å². The Labute approximate surface area is 146 Å². The van der Waals surface area contributed by atoms with Gasteiger partial charge in [-0.3, -0.25) is 9.78 Å². The molecule has 1 saturated heterocycles. The summed E-state index contributed by atoms with van der Waals surface area (Å²) in [5.41, 5.74) is 2.61. The van der Waals surface area contributed by atoms with E-state index < -0.39 is 0 Å². The number of carbonyl (C=O) groups excluding carboxylic acids is 1. The maximum atomic E-state index is 12.8. The van der Waals surface area contributed by atoms with Crippen molar-refractivity contribution in [2.24, 2.45) is 5.92 Å². The van der Waals surface area contributed by atoms with Crippen LogP contribution in [0.5, 0.6) is 11.5 Å². The number of ether oxygens (including phenoxy) is 1. The number of aromatic nitrogens is 1. The van der Waals surface area contributed by atoms with Gasteiger partial charge in [0.1, 0.15) is 6.61 Å². The predicted octanol–water partition coefficient (Wildman–Crippen LogP) is 1.78. The lowest BCUT2D eigenvalue weighted by Crippen LogP contribution is -2.37. The molecule has 0 spiro atoms. The van der Waals surface area contributed by atoms with Crippen molar-refractivity contribution in [2.75, 3.05) is 26.2 Å². The number of aromatic hydroxyl groups is 1. The lowest BCUT2D eigenvalue weighted by Gasteiger charge is -2.23. The smallest absolute Gasteiger partial charge is 0.227 e. The standard InChI is InChI=1S/C19H21N3O3/c23-17-9-15(13-2-1-4-20-10-13)8-16-12-22(6-7-25-18(16)17)19(24)14-3-5-21-11-14/h1-2,4,8-10,14,21,23H,3,5-7,11-12H2. The number of hydrogen-bond donors (Lipinski definition) is 2. The van der Waals surface area contributed by atoms with E-state index in [2.05, 4.69) is 10.3 Å². The molecule has 1 unspecified atom stereocenters. The topological polar surface area (TPSA) is 74.7 Å². The highest BCUT2D eigenvalue weighted by Gasteiger charge is 2.29. The zero-order chi connectivity index (χ0) is 17.2. The van der Waals surface area contributed by atoms with Crippen LogP contribution in [0.2, 0.25) is 0 Å². The highest BCUT2D eigenvalue weighted by Crippen LogP contribution is 2.37. The zero-order valence-corrected chi connectivity index (χ0v) is 13.9. The largest absolute Gasteiger partial charge is 0.504 e. The Hall–Kier alpha value is -2.60. The summed E-state index contributed by atoms with van der Waals surface area (Å²) in [5.74, 6) is 0.782. The molecule has 0 radical (unpaired) electrons. The van der Waals surface area contributed by atoms with E-state index in [0.717, 1.165) is 36.2 Å². The van der Waals surface area contributed by atoms with Gasteiger partial charge in [-0.1, -0.05) is 6.07 Å². The molecule has 1 aromatic carbocycles. The molecule has 1 fully saturated rings. The molecule has 2 aliphatic rings. The van der Waals surface area contributed by atoms with Gasteiger partial charge in [-0.2, -0.15) is 0 Å². The van der Waals surface area contributed by atoms with Gasteiger partial charge in [0.05, 0.1) is 12.5 Å². The van der Waals surface area contributed by atoms with E-state index in [4.69, 9.17) is 4.74 Å². The number of nitrogens with zero attached hydrogens (tertiary/aromatic N) is 2. The van der Waals surface area contributed by atoms with Crippen LogP contribution in [0.25, 0.3) is 11.1 Å². The number of carbonyl (C=O) groups is 1. The molecule has 130 valence electrons. The van der Waals surface area contributed by atoms with Crippen molar-refractivity contribution in [3.8, 4) is 22.6 Å². The number of nitrogens with one attached hydrogen (secondary N) is 1. The maximum absolute atomic E-state index is 12.8. The van der Waals surface area contributed by atoms with Crippen molar-refractivity contribution in [1.82, 2.24) is 15.2 Å². The second kappa shape index (κ2) is 6.72. The Bertz CT molecular complexity index is 773. The van der Waals surface area contributed by atoms with Crippen LogP contribution in [-0.4, -0.2) is 47.1 Å². The molecule has 2 N–H and O–H groups in total. The molecule has 0 aliphatic carbocycles. The fourth-order valence-corrected chi connectivity index (χ4v) is 3.51. The van der Waals surface area contributed by atoms with E-state index in [1.54, 1.807) is 18.5 Å². The fourth-order valence-electron chi connectivity index (χ4n) is 3.51. The summed E-state index contributed by atoms with van der Waals surface area (Å²) >= 11 is 0. The number of hydrogen-bond acceptors (Lipinski definition) is 5. The number of phenolic OH excluding ortho intramolecular Hbond substituents is 1. The van der Waals surface area contributed by atoms with Crippen molar-refractivity contribution < 1.29 is 14.6 Å². The van der Waals surface area contributed by atoms with Crippen LogP contribution in [0.1, 0.15) is 12.0 Å². The lowest BCUT2D eigenvalue weighted by molar-refractivity contribution is -0.135. The molecule has 1 atom stereocenters. The highest BCUT2D eigenvalue weighted by molar-refractivity contribution is 5.80. The fraction of sp³-hybridized carbons (Fsp3) is 0.368. The molecule has 0 saturated carbocycles. The average molecular weight is 339 g/mol. The van der Waals surface area contributed by atoms with Gasteiger partial charge in [0.2, 0.25) is 5.91 Å². The van der Waals surface area contributed by atoms with Crippen LogP contribution in [0.15, 0.2) is 36.7 Å². The monoisotopic (exact) mass is 339 g/mol. The van der Waals surface area contributed by atoms with Crippen LogP contribution in [0.3, 0.4) is 0 Å². The summed E-state index contributed by atoms with van der Waals surface area (Å²) < 4.78 is 5.74. The number of fused-ring (bicyclic) bond motifs is 1. The van der Waals surface area contributed by atoms with E-state index in [1.165, 1.54) is 0 Å². The van der Waals surface area contributed by atoms with Crippen LogP contribution < -0.4 is 10.1 Å². The normalized spacial score (nSPS) is 19.8. The maximum Gasteiger partial charge on any atom is 0.227 e. The average Bonchev–Trinajstić information content (AvgIpc) is 3.08. The first-order valence-corrected chi connectivity index (χ1v) is 8.61. The first kappa shape index (κ1) is 15.9. The van der Waals surface area contributed by atoms with E-state index in [0.29, 0.717) is 25.4 Å². The predicted molar refractivity (Wildman–Crippen MR) is 93.2 cm³/mol. The summed E-state index contributed by atoms with van der Waals surface area (Å²) in [6.45, 7) is 3.00.